The Balaban J connectivity index is 1.56. The molecule has 1 N–H and O–H groups in total. The zero-order chi connectivity index (χ0) is 26.3. The molecule has 12 heteroatoms. The van der Waals surface area contributed by atoms with Crippen LogP contribution < -0.4 is 14.4 Å². The van der Waals surface area contributed by atoms with Gasteiger partial charge in [0.25, 0.3) is 0 Å². The Morgan fingerprint density at radius 3 is 2.19 bits per heavy atom. The summed E-state index contributed by atoms with van der Waals surface area (Å²) in [6.45, 7) is 2.93. The van der Waals surface area contributed by atoms with Gasteiger partial charge in [0.05, 0.1) is 23.4 Å². The number of sulfonamides is 2. The summed E-state index contributed by atoms with van der Waals surface area (Å²) in [5.74, 6) is -0.587. The molecular formula is C24H32FN3O6S2. The van der Waals surface area contributed by atoms with Crippen LogP contribution in [0.5, 0.6) is 5.75 Å². The third-order valence-corrected chi connectivity index (χ3v) is 8.95. The summed E-state index contributed by atoms with van der Waals surface area (Å²) in [4.78, 5) is 13.0. The van der Waals surface area contributed by atoms with Crippen LogP contribution in [0.25, 0.3) is 0 Å². The first-order valence-corrected chi connectivity index (χ1v) is 15.1. The predicted octanol–water partition coefficient (Wildman–Crippen LogP) is 2.74. The van der Waals surface area contributed by atoms with Gasteiger partial charge in [-0.05, 0) is 67.8 Å². The summed E-state index contributed by atoms with van der Waals surface area (Å²) in [6, 6.07) is 9.99. The van der Waals surface area contributed by atoms with E-state index in [1.807, 2.05) is 0 Å². The van der Waals surface area contributed by atoms with Gasteiger partial charge in [-0.25, -0.2) is 21.2 Å². The van der Waals surface area contributed by atoms with Crippen LogP contribution in [-0.2, 0) is 24.8 Å². The normalized spacial score (nSPS) is 15.8. The molecule has 0 radical (unpaired) electrons. The number of ether oxygens (including phenoxy) is 1. The van der Waals surface area contributed by atoms with Crippen LogP contribution in [0, 0.1) is 5.82 Å². The van der Waals surface area contributed by atoms with E-state index in [9.17, 15) is 26.0 Å². The van der Waals surface area contributed by atoms with Gasteiger partial charge >= 0.3 is 0 Å². The fourth-order valence-corrected chi connectivity index (χ4v) is 6.80. The largest absolute Gasteiger partial charge is 0.492 e. The minimum Gasteiger partial charge on any atom is -0.492 e. The number of rotatable bonds is 11. The van der Waals surface area contributed by atoms with Crippen LogP contribution in [0.4, 0.5) is 10.1 Å². The highest BCUT2D eigenvalue weighted by Crippen LogP contribution is 2.24. The number of carbonyl (C=O) groups is 1. The van der Waals surface area contributed by atoms with Crippen molar-refractivity contribution < 1.29 is 30.8 Å². The van der Waals surface area contributed by atoms with Crippen LogP contribution in [0.2, 0.25) is 0 Å². The van der Waals surface area contributed by atoms with Crippen molar-refractivity contribution in [2.45, 2.75) is 43.5 Å². The summed E-state index contributed by atoms with van der Waals surface area (Å²) in [6.07, 6.45) is 3.94. The molecular weight excluding hydrogens is 509 g/mol. The summed E-state index contributed by atoms with van der Waals surface area (Å²) < 4.78 is 71.7. The first kappa shape index (κ1) is 27.9. The lowest BCUT2D eigenvalue weighted by atomic mass is 10.2. The van der Waals surface area contributed by atoms with Gasteiger partial charge in [0.1, 0.15) is 24.2 Å². The molecule has 0 aromatic heterocycles. The van der Waals surface area contributed by atoms with Gasteiger partial charge in [-0.3, -0.25) is 9.10 Å². The lowest BCUT2D eigenvalue weighted by molar-refractivity contribution is -0.122. The van der Waals surface area contributed by atoms with Crippen LogP contribution in [0.15, 0.2) is 53.4 Å². The quantitative estimate of drug-likeness (QED) is 0.438. The van der Waals surface area contributed by atoms with E-state index in [1.165, 1.54) is 28.6 Å². The maximum Gasteiger partial charge on any atom is 0.244 e. The highest BCUT2D eigenvalue weighted by Gasteiger charge is 2.31. The van der Waals surface area contributed by atoms with Crippen molar-refractivity contribution in [1.82, 2.24) is 9.62 Å². The van der Waals surface area contributed by atoms with Crippen molar-refractivity contribution in [2.75, 3.05) is 36.8 Å². The van der Waals surface area contributed by atoms with Gasteiger partial charge < -0.3 is 10.1 Å². The number of nitrogens with zero attached hydrogens (tertiary/aromatic N) is 2. The van der Waals surface area contributed by atoms with Crippen LogP contribution in [-0.4, -0.2) is 65.6 Å². The van der Waals surface area contributed by atoms with E-state index >= 15 is 0 Å². The number of hydrogen-bond acceptors (Lipinski definition) is 6. The summed E-state index contributed by atoms with van der Waals surface area (Å²) in [7, 11) is -7.35. The Bertz CT molecular complexity index is 1230. The second kappa shape index (κ2) is 12.0. The van der Waals surface area contributed by atoms with Crippen molar-refractivity contribution in [3.8, 4) is 5.75 Å². The van der Waals surface area contributed by atoms with Gasteiger partial charge in [0, 0.05) is 13.1 Å². The Morgan fingerprint density at radius 2 is 1.64 bits per heavy atom. The van der Waals surface area contributed by atoms with Crippen molar-refractivity contribution in [1.29, 1.82) is 0 Å². The number of carbonyl (C=O) groups excluding carboxylic acids is 1. The number of halogens is 1. The van der Waals surface area contributed by atoms with E-state index in [0.29, 0.717) is 18.8 Å². The topological polar surface area (TPSA) is 113 Å². The van der Waals surface area contributed by atoms with Crippen molar-refractivity contribution in [3.05, 3.63) is 54.3 Å². The van der Waals surface area contributed by atoms with E-state index in [4.69, 9.17) is 4.74 Å². The average Bonchev–Trinajstić information content (AvgIpc) is 2.86. The molecule has 1 heterocycles. The third kappa shape index (κ3) is 6.95. The van der Waals surface area contributed by atoms with E-state index in [-0.39, 0.29) is 30.2 Å². The number of benzene rings is 2. The van der Waals surface area contributed by atoms with Crippen LogP contribution >= 0.6 is 0 Å². The lowest BCUT2D eigenvalue weighted by Crippen LogP contribution is -2.50. The van der Waals surface area contributed by atoms with Crippen molar-refractivity contribution in [2.24, 2.45) is 0 Å². The maximum atomic E-state index is 13.3. The van der Waals surface area contributed by atoms with Crippen LogP contribution in [0.1, 0.15) is 32.6 Å². The molecule has 0 aliphatic carbocycles. The second-order valence-electron chi connectivity index (χ2n) is 8.53. The molecule has 36 heavy (non-hydrogen) atoms. The minimum absolute atomic E-state index is 0.0931. The third-order valence-electron chi connectivity index (χ3n) is 5.86. The number of amides is 1. The molecule has 0 spiro atoms. The number of nitrogens with one attached hydrogen (secondary N) is 1. The SMILES string of the molecule is CCC(C(=O)NCCOc1ccc(S(=O)(=O)N2CCCCC2)cc1)N(c1ccc(F)cc1)S(C)(=O)=O. The molecule has 1 aliphatic rings. The summed E-state index contributed by atoms with van der Waals surface area (Å²) in [5, 5.41) is 2.67. The summed E-state index contributed by atoms with van der Waals surface area (Å²) in [5.41, 5.74) is 0.191. The first-order valence-electron chi connectivity index (χ1n) is 11.8. The Morgan fingerprint density at radius 1 is 1.03 bits per heavy atom. The molecule has 1 atom stereocenters. The van der Waals surface area contributed by atoms with Gasteiger partial charge in [0.15, 0.2) is 0 Å². The molecule has 0 saturated carbocycles. The molecule has 2 aromatic rings. The second-order valence-corrected chi connectivity index (χ2v) is 12.3. The van der Waals surface area contributed by atoms with Crippen molar-refractivity contribution in [3.63, 3.8) is 0 Å². The fourth-order valence-electron chi connectivity index (χ4n) is 4.07. The number of anilines is 1. The molecule has 0 bridgehead atoms. The van der Waals surface area contributed by atoms with Crippen LogP contribution in [0.3, 0.4) is 0 Å². The zero-order valence-corrected chi connectivity index (χ0v) is 22.0. The summed E-state index contributed by atoms with van der Waals surface area (Å²) >= 11 is 0. The Labute approximate surface area is 212 Å². The highest BCUT2D eigenvalue weighted by molar-refractivity contribution is 7.92. The first-order chi connectivity index (χ1) is 17.0. The molecule has 198 valence electrons. The fraction of sp³-hybridized carbons (Fsp3) is 0.458. The molecule has 1 saturated heterocycles. The Kier molecular flexibility index (Phi) is 9.31. The predicted molar refractivity (Wildman–Crippen MR) is 135 cm³/mol. The molecule has 1 amide bonds. The van der Waals surface area contributed by atoms with E-state index in [1.54, 1.807) is 19.1 Å². The number of hydrogen-bond donors (Lipinski definition) is 1. The number of piperidine rings is 1. The monoisotopic (exact) mass is 541 g/mol. The molecule has 3 rings (SSSR count). The highest BCUT2D eigenvalue weighted by atomic mass is 32.2. The molecule has 1 aliphatic heterocycles. The maximum absolute atomic E-state index is 13.3. The van der Waals surface area contributed by atoms with E-state index < -0.39 is 37.8 Å². The van der Waals surface area contributed by atoms with Crippen molar-refractivity contribution >= 4 is 31.6 Å². The van der Waals surface area contributed by atoms with E-state index in [2.05, 4.69) is 5.32 Å². The minimum atomic E-state index is -3.82. The Hall–Kier alpha value is -2.70. The smallest absolute Gasteiger partial charge is 0.244 e. The standard InChI is InChI=1S/C24H32FN3O6S2/c1-3-23(28(35(2,30)31)20-9-7-19(25)8-10-20)24(29)26-15-18-34-21-11-13-22(14-12-21)36(32,33)27-16-5-4-6-17-27/h7-14,23H,3-6,15-18H2,1-2H3,(H,26,29). The van der Waals surface area contributed by atoms with Gasteiger partial charge in [-0.15, -0.1) is 0 Å². The average molecular weight is 542 g/mol. The lowest BCUT2D eigenvalue weighted by Gasteiger charge is -2.30. The van der Waals surface area contributed by atoms with Gasteiger partial charge in [-0.1, -0.05) is 13.3 Å². The molecule has 1 fully saturated rings. The van der Waals surface area contributed by atoms with Gasteiger partial charge in [-0.2, -0.15) is 4.31 Å². The van der Waals surface area contributed by atoms with Gasteiger partial charge in [0.2, 0.25) is 26.0 Å². The zero-order valence-electron chi connectivity index (χ0n) is 20.4. The molecule has 1 unspecified atom stereocenters. The van der Waals surface area contributed by atoms with E-state index in [0.717, 1.165) is 42.0 Å². The molecule has 2 aromatic carbocycles. The molecule has 9 nitrogen and oxygen atoms in total.